The molecule has 3 rings (SSSR count). The number of imidazole rings is 1. The van der Waals surface area contributed by atoms with Gasteiger partial charge in [-0.25, -0.2) is 4.98 Å². The minimum Gasteiger partial charge on any atom is -0.379 e. The number of fused-ring (bicyclic) bond motifs is 1. The zero-order valence-electron chi connectivity index (χ0n) is 10.9. The maximum atomic E-state index is 9.03. The highest BCUT2D eigenvalue weighted by Gasteiger charge is 2.32. The molecule has 1 saturated heterocycles. The van der Waals surface area contributed by atoms with Gasteiger partial charge in [0.15, 0.2) is 0 Å². The Bertz CT molecular complexity index is 662. The van der Waals surface area contributed by atoms with Crippen LogP contribution in [0.3, 0.4) is 0 Å². The third kappa shape index (κ3) is 1.85. The lowest BCUT2D eigenvalue weighted by molar-refractivity contribution is 0.0124. The summed E-state index contributed by atoms with van der Waals surface area (Å²) in [5, 5.41) is 9.03. The van der Waals surface area contributed by atoms with E-state index in [1.807, 2.05) is 16.7 Å². The minimum absolute atomic E-state index is 0.189. The molecule has 0 radical (unpaired) electrons. The van der Waals surface area contributed by atoms with Gasteiger partial charge in [0.1, 0.15) is 0 Å². The van der Waals surface area contributed by atoms with Crippen LogP contribution in [0.4, 0.5) is 5.95 Å². The zero-order valence-corrected chi connectivity index (χ0v) is 10.9. The molecule has 0 spiro atoms. The maximum absolute atomic E-state index is 9.03. The first-order valence-corrected chi connectivity index (χ1v) is 6.40. The van der Waals surface area contributed by atoms with Crippen molar-refractivity contribution in [3.63, 3.8) is 0 Å². The summed E-state index contributed by atoms with van der Waals surface area (Å²) in [7, 11) is 0. The molecule has 1 aliphatic heterocycles. The summed E-state index contributed by atoms with van der Waals surface area (Å²) >= 11 is 0. The van der Waals surface area contributed by atoms with E-state index < -0.39 is 0 Å². The highest BCUT2D eigenvalue weighted by atomic mass is 16.5. The summed E-state index contributed by atoms with van der Waals surface area (Å²) in [5.41, 5.74) is 8.23. The van der Waals surface area contributed by atoms with Crippen LogP contribution < -0.4 is 5.73 Å². The number of ether oxygens (including phenoxy) is 1. The topological polar surface area (TPSA) is 76.9 Å². The van der Waals surface area contributed by atoms with Gasteiger partial charge < -0.3 is 15.0 Å². The van der Waals surface area contributed by atoms with Crippen molar-refractivity contribution in [2.45, 2.75) is 25.3 Å². The van der Waals surface area contributed by atoms with E-state index in [1.54, 1.807) is 6.07 Å². The van der Waals surface area contributed by atoms with Crippen LogP contribution in [0.15, 0.2) is 18.2 Å². The largest absolute Gasteiger partial charge is 0.379 e. The molecule has 1 fully saturated rings. The molecule has 0 amide bonds. The molecule has 98 valence electrons. The highest BCUT2D eigenvalue weighted by molar-refractivity contribution is 5.80. The van der Waals surface area contributed by atoms with E-state index in [0.29, 0.717) is 18.1 Å². The van der Waals surface area contributed by atoms with Gasteiger partial charge in [-0.15, -0.1) is 0 Å². The van der Waals surface area contributed by atoms with Gasteiger partial charge >= 0.3 is 0 Å². The van der Waals surface area contributed by atoms with Crippen molar-refractivity contribution in [3.8, 4) is 6.07 Å². The summed E-state index contributed by atoms with van der Waals surface area (Å²) in [4.78, 5) is 4.38. The number of aromatic nitrogens is 2. The minimum atomic E-state index is -0.189. The molecule has 1 atom stereocenters. The van der Waals surface area contributed by atoms with Gasteiger partial charge in [0.05, 0.1) is 34.8 Å². The highest BCUT2D eigenvalue weighted by Crippen LogP contribution is 2.33. The number of nitrogens with two attached hydrogens (primary N) is 1. The molecular formula is C14H16N4O. The number of nitrogen functional groups attached to an aromatic ring is 1. The lowest BCUT2D eigenvalue weighted by Gasteiger charge is -2.35. The van der Waals surface area contributed by atoms with E-state index in [4.69, 9.17) is 15.7 Å². The monoisotopic (exact) mass is 256 g/mol. The van der Waals surface area contributed by atoms with E-state index in [2.05, 4.69) is 18.0 Å². The first-order valence-electron chi connectivity index (χ1n) is 6.40. The molecule has 1 aromatic heterocycles. The van der Waals surface area contributed by atoms with Crippen molar-refractivity contribution in [1.29, 1.82) is 5.26 Å². The van der Waals surface area contributed by atoms with Crippen molar-refractivity contribution in [1.82, 2.24) is 9.55 Å². The molecule has 2 N–H and O–H groups in total. The van der Waals surface area contributed by atoms with Crippen molar-refractivity contribution >= 4 is 17.0 Å². The summed E-state index contributed by atoms with van der Waals surface area (Å²) in [6.45, 7) is 3.55. The molecule has 0 bridgehead atoms. The van der Waals surface area contributed by atoms with Crippen LogP contribution in [0, 0.1) is 11.3 Å². The Balaban J connectivity index is 2.21. The van der Waals surface area contributed by atoms with Crippen molar-refractivity contribution < 1.29 is 4.74 Å². The Hall–Kier alpha value is -2.06. The molecule has 0 saturated carbocycles. The van der Waals surface area contributed by atoms with Crippen LogP contribution in [0.2, 0.25) is 0 Å². The number of benzene rings is 1. The molecule has 1 aromatic carbocycles. The van der Waals surface area contributed by atoms with E-state index in [-0.39, 0.29) is 5.54 Å². The molecule has 5 heteroatoms. The van der Waals surface area contributed by atoms with Gasteiger partial charge in [-0.05, 0) is 38.0 Å². The second-order valence-electron chi connectivity index (χ2n) is 5.27. The molecule has 1 aliphatic rings. The Morgan fingerprint density at radius 2 is 2.37 bits per heavy atom. The predicted molar refractivity (Wildman–Crippen MR) is 72.6 cm³/mol. The fourth-order valence-corrected chi connectivity index (χ4v) is 2.83. The van der Waals surface area contributed by atoms with Crippen LogP contribution in [0.5, 0.6) is 0 Å². The average molecular weight is 256 g/mol. The van der Waals surface area contributed by atoms with E-state index in [0.717, 1.165) is 30.5 Å². The average Bonchev–Trinajstić information content (AvgIpc) is 2.74. The van der Waals surface area contributed by atoms with Crippen LogP contribution in [0.25, 0.3) is 11.0 Å². The summed E-state index contributed by atoms with van der Waals surface area (Å²) in [6, 6.07) is 7.61. The normalized spacial score (nSPS) is 23.4. The summed E-state index contributed by atoms with van der Waals surface area (Å²) < 4.78 is 7.62. The van der Waals surface area contributed by atoms with Crippen molar-refractivity contribution in [3.05, 3.63) is 23.8 Å². The fourth-order valence-electron chi connectivity index (χ4n) is 2.83. The summed E-state index contributed by atoms with van der Waals surface area (Å²) in [5.74, 6) is 0.484. The van der Waals surface area contributed by atoms with Crippen molar-refractivity contribution in [2.24, 2.45) is 0 Å². The van der Waals surface area contributed by atoms with Crippen LogP contribution in [0.1, 0.15) is 25.3 Å². The molecule has 2 heterocycles. The zero-order chi connectivity index (χ0) is 13.5. The number of hydrogen-bond donors (Lipinski definition) is 1. The predicted octanol–water partition coefficient (Wildman–Crippen LogP) is 2.02. The van der Waals surface area contributed by atoms with Gasteiger partial charge in [-0.1, -0.05) is 0 Å². The molecule has 0 aliphatic carbocycles. The number of rotatable bonds is 1. The van der Waals surface area contributed by atoms with Crippen LogP contribution >= 0.6 is 0 Å². The third-order valence-electron chi connectivity index (χ3n) is 3.77. The Kier molecular flexibility index (Phi) is 2.68. The number of hydrogen-bond acceptors (Lipinski definition) is 4. The van der Waals surface area contributed by atoms with Crippen LogP contribution in [-0.2, 0) is 10.3 Å². The smallest absolute Gasteiger partial charge is 0.201 e. The first kappa shape index (κ1) is 12.0. The molecule has 19 heavy (non-hydrogen) atoms. The third-order valence-corrected chi connectivity index (χ3v) is 3.77. The Morgan fingerprint density at radius 1 is 1.53 bits per heavy atom. The number of nitrogens with zero attached hydrogens (tertiary/aromatic N) is 3. The van der Waals surface area contributed by atoms with E-state index >= 15 is 0 Å². The maximum Gasteiger partial charge on any atom is 0.201 e. The van der Waals surface area contributed by atoms with Crippen molar-refractivity contribution in [2.75, 3.05) is 18.9 Å². The molecule has 5 nitrogen and oxygen atoms in total. The fraction of sp³-hybridized carbons (Fsp3) is 0.429. The van der Waals surface area contributed by atoms with Crippen LogP contribution in [-0.4, -0.2) is 22.8 Å². The van der Waals surface area contributed by atoms with Gasteiger partial charge in [-0.2, -0.15) is 5.26 Å². The standard InChI is InChI=1S/C14H16N4O/c1-14(5-2-6-19-9-14)18-12-7-10(8-15)3-4-11(12)17-13(18)16/h3-4,7H,2,5-6,9H2,1H3,(H2,16,17). The SMILES string of the molecule is CC1(n2c(N)nc3ccc(C#N)cc32)CCCOC1. The van der Waals surface area contributed by atoms with Gasteiger partial charge in [-0.3, -0.25) is 0 Å². The molecular weight excluding hydrogens is 240 g/mol. The Labute approximate surface area is 111 Å². The second kappa shape index (κ2) is 4.25. The number of nitriles is 1. The quantitative estimate of drug-likeness (QED) is 0.846. The lowest BCUT2D eigenvalue weighted by atomic mass is 9.94. The molecule has 1 unspecified atom stereocenters. The van der Waals surface area contributed by atoms with Gasteiger partial charge in [0.25, 0.3) is 0 Å². The number of anilines is 1. The lowest BCUT2D eigenvalue weighted by Crippen LogP contribution is -2.39. The first-order chi connectivity index (χ1) is 9.14. The Morgan fingerprint density at radius 3 is 3.05 bits per heavy atom. The van der Waals surface area contributed by atoms with Gasteiger partial charge in [0.2, 0.25) is 5.95 Å². The van der Waals surface area contributed by atoms with Gasteiger partial charge in [0, 0.05) is 6.61 Å². The second-order valence-corrected chi connectivity index (χ2v) is 5.27. The van der Waals surface area contributed by atoms with E-state index in [9.17, 15) is 0 Å². The van der Waals surface area contributed by atoms with E-state index in [1.165, 1.54) is 0 Å². The summed E-state index contributed by atoms with van der Waals surface area (Å²) in [6.07, 6.45) is 2.01. The molecule has 2 aromatic rings.